The Kier molecular flexibility index (Phi) is 6.66. The Morgan fingerprint density at radius 1 is 1.30 bits per heavy atom. The predicted molar refractivity (Wildman–Crippen MR) is 93.2 cm³/mol. The van der Waals surface area contributed by atoms with Gasteiger partial charge in [-0.1, -0.05) is 50.1 Å². The van der Waals surface area contributed by atoms with Gasteiger partial charge in [0.2, 0.25) is 5.91 Å². The van der Waals surface area contributed by atoms with E-state index in [1.165, 1.54) is 19.3 Å². The van der Waals surface area contributed by atoms with Crippen molar-refractivity contribution in [2.24, 2.45) is 11.1 Å². The molecule has 0 aromatic heterocycles. The van der Waals surface area contributed by atoms with Crippen LogP contribution in [0.15, 0.2) is 36.9 Å². The molecule has 0 atom stereocenters. The first-order valence-electron chi connectivity index (χ1n) is 8.47. The van der Waals surface area contributed by atoms with E-state index in [0.717, 1.165) is 24.2 Å². The second-order valence-corrected chi connectivity index (χ2v) is 6.43. The van der Waals surface area contributed by atoms with Crippen LogP contribution in [0.25, 0.3) is 0 Å². The van der Waals surface area contributed by atoms with Crippen LogP contribution < -0.4 is 15.8 Å². The molecular weight excluding hydrogens is 288 g/mol. The lowest BCUT2D eigenvalue weighted by Gasteiger charge is -2.35. The highest BCUT2D eigenvalue weighted by Gasteiger charge is 2.32. The maximum absolute atomic E-state index is 12.4. The van der Waals surface area contributed by atoms with E-state index in [2.05, 4.69) is 11.9 Å². The number of ether oxygens (including phenoxy) is 1. The van der Waals surface area contributed by atoms with E-state index in [1.807, 2.05) is 24.3 Å². The van der Waals surface area contributed by atoms with E-state index in [9.17, 15) is 4.79 Å². The molecule has 0 aliphatic heterocycles. The van der Waals surface area contributed by atoms with Gasteiger partial charge in [-0.3, -0.25) is 4.79 Å². The van der Waals surface area contributed by atoms with Gasteiger partial charge in [0.1, 0.15) is 12.4 Å². The first kappa shape index (κ1) is 17.5. The van der Waals surface area contributed by atoms with Crippen LogP contribution in [-0.2, 0) is 11.3 Å². The standard InChI is InChI=1S/C19H28N2O2/c1-2-12-23-17-9-5-4-8-16(17)14-21-18(22)13-19(15-20)10-6-3-7-11-19/h2,4-5,8-9H,1,3,6-7,10-15,20H2,(H,21,22). The Morgan fingerprint density at radius 2 is 2.04 bits per heavy atom. The lowest BCUT2D eigenvalue weighted by molar-refractivity contribution is -0.124. The summed E-state index contributed by atoms with van der Waals surface area (Å²) in [6.07, 6.45) is 8.00. The minimum absolute atomic E-state index is 0.00118. The second-order valence-electron chi connectivity index (χ2n) is 6.43. The van der Waals surface area contributed by atoms with Crippen LogP contribution in [0.2, 0.25) is 0 Å². The largest absolute Gasteiger partial charge is 0.489 e. The molecule has 4 heteroatoms. The smallest absolute Gasteiger partial charge is 0.220 e. The van der Waals surface area contributed by atoms with Gasteiger partial charge in [-0.05, 0) is 30.9 Å². The van der Waals surface area contributed by atoms with Gasteiger partial charge in [0, 0.05) is 18.5 Å². The van der Waals surface area contributed by atoms with E-state index < -0.39 is 0 Å². The number of nitrogens with one attached hydrogen (secondary N) is 1. The molecule has 0 heterocycles. The van der Waals surface area contributed by atoms with Crippen LogP contribution in [0.3, 0.4) is 0 Å². The van der Waals surface area contributed by atoms with Crippen molar-refractivity contribution in [1.29, 1.82) is 0 Å². The molecule has 1 saturated carbocycles. The van der Waals surface area contributed by atoms with Gasteiger partial charge in [-0.25, -0.2) is 0 Å². The number of hydrogen-bond acceptors (Lipinski definition) is 3. The van der Waals surface area contributed by atoms with Crippen LogP contribution in [0.4, 0.5) is 0 Å². The number of benzene rings is 1. The Balaban J connectivity index is 1.90. The maximum Gasteiger partial charge on any atom is 0.220 e. The van der Waals surface area contributed by atoms with Gasteiger partial charge >= 0.3 is 0 Å². The first-order valence-corrected chi connectivity index (χ1v) is 8.47. The zero-order valence-corrected chi connectivity index (χ0v) is 13.9. The zero-order chi connectivity index (χ0) is 16.5. The SMILES string of the molecule is C=CCOc1ccccc1CNC(=O)CC1(CN)CCCCC1. The molecule has 2 rings (SSSR count). The molecule has 23 heavy (non-hydrogen) atoms. The molecule has 0 bridgehead atoms. The van der Waals surface area contributed by atoms with Crippen molar-refractivity contribution < 1.29 is 9.53 Å². The summed E-state index contributed by atoms with van der Waals surface area (Å²) >= 11 is 0. The maximum atomic E-state index is 12.4. The molecule has 1 fully saturated rings. The number of nitrogens with two attached hydrogens (primary N) is 1. The van der Waals surface area contributed by atoms with Gasteiger partial charge in [-0.2, -0.15) is 0 Å². The average molecular weight is 316 g/mol. The Morgan fingerprint density at radius 3 is 2.74 bits per heavy atom. The monoisotopic (exact) mass is 316 g/mol. The molecule has 0 unspecified atom stereocenters. The van der Waals surface area contributed by atoms with Crippen LogP contribution in [0.1, 0.15) is 44.1 Å². The quantitative estimate of drug-likeness (QED) is 0.724. The van der Waals surface area contributed by atoms with Gasteiger partial charge in [0.15, 0.2) is 0 Å². The van der Waals surface area contributed by atoms with Gasteiger partial charge < -0.3 is 15.8 Å². The fraction of sp³-hybridized carbons (Fsp3) is 0.526. The zero-order valence-electron chi connectivity index (χ0n) is 13.9. The molecule has 0 saturated heterocycles. The second kappa shape index (κ2) is 8.73. The summed E-state index contributed by atoms with van der Waals surface area (Å²) < 4.78 is 5.62. The highest BCUT2D eigenvalue weighted by Crippen LogP contribution is 2.38. The molecular formula is C19H28N2O2. The number of carbonyl (C=O) groups excluding carboxylic acids is 1. The summed E-state index contributed by atoms with van der Waals surface area (Å²) in [6, 6.07) is 7.76. The number of hydrogen-bond donors (Lipinski definition) is 2. The van der Waals surface area contributed by atoms with Gasteiger partial charge in [0.25, 0.3) is 0 Å². The topological polar surface area (TPSA) is 64.3 Å². The number of rotatable bonds is 8. The third-order valence-corrected chi connectivity index (χ3v) is 4.69. The lowest BCUT2D eigenvalue weighted by Crippen LogP contribution is -2.38. The van der Waals surface area contributed by atoms with E-state index in [0.29, 0.717) is 26.1 Å². The van der Waals surface area contributed by atoms with Crippen molar-refractivity contribution >= 4 is 5.91 Å². The van der Waals surface area contributed by atoms with Crippen molar-refractivity contribution in [2.45, 2.75) is 45.1 Å². The third-order valence-electron chi connectivity index (χ3n) is 4.69. The van der Waals surface area contributed by atoms with Crippen molar-refractivity contribution in [3.8, 4) is 5.75 Å². The van der Waals surface area contributed by atoms with E-state index in [4.69, 9.17) is 10.5 Å². The summed E-state index contributed by atoms with van der Waals surface area (Å²) in [5, 5.41) is 3.02. The summed E-state index contributed by atoms with van der Waals surface area (Å²) in [5.74, 6) is 0.870. The van der Waals surface area contributed by atoms with Crippen molar-refractivity contribution in [1.82, 2.24) is 5.32 Å². The Labute approximate surface area is 139 Å². The Hall–Kier alpha value is -1.81. The van der Waals surface area contributed by atoms with Gasteiger partial charge in [0.05, 0.1) is 0 Å². The lowest BCUT2D eigenvalue weighted by atomic mass is 9.71. The van der Waals surface area contributed by atoms with Crippen LogP contribution in [0.5, 0.6) is 5.75 Å². The molecule has 0 radical (unpaired) electrons. The van der Waals surface area contributed by atoms with E-state index >= 15 is 0 Å². The van der Waals surface area contributed by atoms with Crippen LogP contribution in [-0.4, -0.2) is 19.1 Å². The molecule has 1 aliphatic rings. The normalized spacial score (nSPS) is 16.6. The fourth-order valence-electron chi connectivity index (χ4n) is 3.29. The van der Waals surface area contributed by atoms with E-state index in [-0.39, 0.29) is 11.3 Å². The minimum atomic E-state index is 0.00118. The molecule has 1 aliphatic carbocycles. The molecule has 1 amide bonds. The molecule has 4 nitrogen and oxygen atoms in total. The highest BCUT2D eigenvalue weighted by atomic mass is 16.5. The fourth-order valence-corrected chi connectivity index (χ4v) is 3.29. The van der Waals surface area contributed by atoms with Crippen molar-refractivity contribution in [3.63, 3.8) is 0 Å². The number of amides is 1. The molecule has 1 aromatic rings. The number of carbonyl (C=O) groups is 1. The molecule has 1 aromatic carbocycles. The third kappa shape index (κ3) is 5.10. The molecule has 126 valence electrons. The summed E-state index contributed by atoms with van der Waals surface area (Å²) in [7, 11) is 0. The van der Waals surface area contributed by atoms with Crippen molar-refractivity contribution in [3.05, 3.63) is 42.5 Å². The number of para-hydroxylation sites is 1. The average Bonchev–Trinajstić information content (AvgIpc) is 2.59. The summed E-state index contributed by atoms with van der Waals surface area (Å²) in [4.78, 5) is 12.4. The van der Waals surface area contributed by atoms with Crippen molar-refractivity contribution in [2.75, 3.05) is 13.2 Å². The molecule has 0 spiro atoms. The van der Waals surface area contributed by atoms with Gasteiger partial charge in [-0.15, -0.1) is 0 Å². The molecule has 3 N–H and O–H groups in total. The van der Waals surface area contributed by atoms with Crippen LogP contribution >= 0.6 is 0 Å². The summed E-state index contributed by atoms with van der Waals surface area (Å²) in [5.41, 5.74) is 6.94. The first-order chi connectivity index (χ1) is 11.2. The Bertz CT molecular complexity index is 522. The minimum Gasteiger partial charge on any atom is -0.489 e. The highest BCUT2D eigenvalue weighted by molar-refractivity contribution is 5.76. The van der Waals surface area contributed by atoms with E-state index in [1.54, 1.807) is 6.08 Å². The predicted octanol–water partition coefficient (Wildman–Crippen LogP) is 3.17. The van der Waals surface area contributed by atoms with Crippen LogP contribution in [0, 0.1) is 5.41 Å². The summed E-state index contributed by atoms with van der Waals surface area (Å²) in [6.45, 7) is 5.19.